The van der Waals surface area contributed by atoms with E-state index < -0.39 is 8.64 Å². The Hall–Kier alpha value is 0.0969. The maximum Gasteiger partial charge on any atom is 0.354 e. The van der Waals surface area contributed by atoms with Crippen LogP contribution in [0.25, 0.3) is 0 Å². The summed E-state index contributed by atoms with van der Waals surface area (Å²) in [7, 11) is -1.84. The van der Waals surface area contributed by atoms with Gasteiger partial charge in [0.05, 0.1) is 0 Å². The van der Waals surface area contributed by atoms with Gasteiger partial charge in [0.1, 0.15) is 0 Å². The molecule has 0 aromatic rings. The molecule has 0 N–H and O–H groups in total. The molecule has 3 nitrogen and oxygen atoms in total. The maximum absolute atomic E-state index is 6.11. The van der Waals surface area contributed by atoms with E-state index in [0.717, 1.165) is 32.8 Å². The highest BCUT2D eigenvalue weighted by Gasteiger charge is 2.40. The molecule has 92 valence electrons. The van der Waals surface area contributed by atoms with E-state index in [1.807, 2.05) is 0 Å². The molecule has 0 aromatic carbocycles. The monoisotopic (exact) mass is 232 g/mol. The van der Waals surface area contributed by atoms with E-state index in [1.165, 1.54) is 0 Å². The summed E-state index contributed by atoms with van der Waals surface area (Å²) in [6.07, 6.45) is 0. The van der Waals surface area contributed by atoms with E-state index in [2.05, 4.69) is 50.3 Å². The molecular formula is C11H28N2OSi. The molecule has 0 saturated heterocycles. The summed E-state index contributed by atoms with van der Waals surface area (Å²) in [5.74, 6) is 0. The van der Waals surface area contributed by atoms with Crippen molar-refractivity contribution in [2.75, 3.05) is 32.8 Å². The Labute approximate surface area is 96.7 Å². The van der Waals surface area contributed by atoms with Crippen molar-refractivity contribution in [1.29, 1.82) is 0 Å². The van der Waals surface area contributed by atoms with Crippen molar-refractivity contribution in [2.24, 2.45) is 0 Å². The molecular weight excluding hydrogens is 204 g/mol. The zero-order valence-electron chi connectivity index (χ0n) is 11.3. The predicted molar refractivity (Wildman–Crippen MR) is 69.1 cm³/mol. The van der Waals surface area contributed by atoms with Crippen LogP contribution in [0.15, 0.2) is 0 Å². The van der Waals surface area contributed by atoms with Crippen molar-refractivity contribution in [1.82, 2.24) is 9.13 Å². The highest BCUT2D eigenvalue weighted by Crippen LogP contribution is 2.16. The fraction of sp³-hybridized carbons (Fsp3) is 1.00. The second kappa shape index (κ2) is 7.38. The molecule has 15 heavy (non-hydrogen) atoms. The van der Waals surface area contributed by atoms with Crippen LogP contribution < -0.4 is 0 Å². The first-order valence-electron chi connectivity index (χ1n) is 6.24. The molecule has 0 bridgehead atoms. The third-order valence-electron chi connectivity index (χ3n) is 3.12. The van der Waals surface area contributed by atoms with Gasteiger partial charge in [-0.1, -0.05) is 27.7 Å². The lowest BCUT2D eigenvalue weighted by Crippen LogP contribution is -2.65. The van der Waals surface area contributed by atoms with Crippen LogP contribution >= 0.6 is 0 Å². The lowest BCUT2D eigenvalue weighted by atomic mass is 10.7. The van der Waals surface area contributed by atoms with E-state index in [4.69, 9.17) is 4.43 Å². The van der Waals surface area contributed by atoms with Crippen molar-refractivity contribution in [2.45, 2.75) is 41.2 Å². The summed E-state index contributed by atoms with van der Waals surface area (Å²) in [4.78, 5) is 0. The van der Waals surface area contributed by atoms with Gasteiger partial charge in [-0.05, 0) is 39.6 Å². The topological polar surface area (TPSA) is 15.7 Å². The fourth-order valence-electron chi connectivity index (χ4n) is 2.28. The van der Waals surface area contributed by atoms with Gasteiger partial charge < -0.3 is 4.43 Å². The Balaban J connectivity index is 4.82. The van der Waals surface area contributed by atoms with Crippen LogP contribution in [0, 0.1) is 0 Å². The molecule has 4 heteroatoms. The minimum absolute atomic E-state index is 0.815. The van der Waals surface area contributed by atoms with Gasteiger partial charge in [-0.15, -0.1) is 0 Å². The highest BCUT2D eigenvalue weighted by molar-refractivity contribution is 6.66. The largest absolute Gasteiger partial charge is 0.392 e. The van der Waals surface area contributed by atoms with Crippen LogP contribution in [-0.2, 0) is 4.43 Å². The van der Waals surface area contributed by atoms with Gasteiger partial charge in [-0.2, -0.15) is 0 Å². The van der Waals surface area contributed by atoms with Crippen molar-refractivity contribution >= 4 is 8.64 Å². The van der Waals surface area contributed by atoms with Gasteiger partial charge in [0, 0.05) is 6.61 Å². The molecule has 0 unspecified atom stereocenters. The quantitative estimate of drug-likeness (QED) is 0.597. The first-order chi connectivity index (χ1) is 7.10. The van der Waals surface area contributed by atoms with Gasteiger partial charge in [0.25, 0.3) is 0 Å². The minimum Gasteiger partial charge on any atom is -0.392 e. The number of hydrogen-bond acceptors (Lipinski definition) is 3. The average Bonchev–Trinajstić information content (AvgIpc) is 2.21. The summed E-state index contributed by atoms with van der Waals surface area (Å²) in [6, 6.07) is 0. The van der Waals surface area contributed by atoms with Gasteiger partial charge in [-0.25, -0.2) is 0 Å². The first kappa shape index (κ1) is 15.1. The second-order valence-electron chi connectivity index (χ2n) is 3.71. The van der Waals surface area contributed by atoms with Crippen LogP contribution in [0.1, 0.15) is 34.6 Å². The first-order valence-corrected chi connectivity index (χ1v) is 8.54. The zero-order valence-corrected chi connectivity index (χ0v) is 12.3. The Morgan fingerprint density at radius 1 is 0.800 bits per heavy atom. The van der Waals surface area contributed by atoms with Crippen LogP contribution in [0.3, 0.4) is 0 Å². The van der Waals surface area contributed by atoms with Crippen LogP contribution in [0.5, 0.6) is 0 Å². The standard InChI is InChI=1S/C11H28N2OSi/c1-7-12(8-2)15(6,14-11-5)13(9-3)10-4/h7-11H2,1-6H3. The molecule has 0 saturated carbocycles. The number of rotatable bonds is 8. The van der Waals surface area contributed by atoms with E-state index in [9.17, 15) is 0 Å². The molecule has 0 amide bonds. The van der Waals surface area contributed by atoms with Crippen molar-refractivity contribution < 1.29 is 4.43 Å². The number of hydrogen-bond donors (Lipinski definition) is 0. The summed E-state index contributed by atoms with van der Waals surface area (Å²) >= 11 is 0. The molecule has 0 aliphatic rings. The number of nitrogens with zero attached hydrogens (tertiary/aromatic N) is 2. The summed E-state index contributed by atoms with van der Waals surface area (Å²) in [6.45, 7) is 18.4. The Kier molecular flexibility index (Phi) is 7.43. The van der Waals surface area contributed by atoms with Crippen LogP contribution in [0.2, 0.25) is 6.55 Å². The van der Waals surface area contributed by atoms with Crippen molar-refractivity contribution in [3.63, 3.8) is 0 Å². The zero-order chi connectivity index (χ0) is 11.9. The third-order valence-corrected chi connectivity index (χ3v) is 7.57. The lowest BCUT2D eigenvalue weighted by molar-refractivity contribution is 0.191. The SMILES string of the molecule is CCO[Si](C)(N(CC)CC)N(CC)CC. The highest BCUT2D eigenvalue weighted by atomic mass is 28.4. The third kappa shape index (κ3) is 3.55. The predicted octanol–water partition coefficient (Wildman–Crippen LogP) is 2.28. The molecule has 0 aliphatic heterocycles. The smallest absolute Gasteiger partial charge is 0.354 e. The molecule has 0 atom stereocenters. The summed E-state index contributed by atoms with van der Waals surface area (Å²) in [5.41, 5.74) is 0. The van der Waals surface area contributed by atoms with Crippen molar-refractivity contribution in [3.8, 4) is 0 Å². The molecule has 0 radical (unpaired) electrons. The van der Waals surface area contributed by atoms with E-state index in [1.54, 1.807) is 0 Å². The minimum atomic E-state index is -1.84. The van der Waals surface area contributed by atoms with E-state index in [0.29, 0.717) is 0 Å². The molecule has 0 aromatic heterocycles. The van der Waals surface area contributed by atoms with Crippen molar-refractivity contribution in [3.05, 3.63) is 0 Å². The summed E-state index contributed by atoms with van der Waals surface area (Å²) in [5, 5.41) is 0. The van der Waals surface area contributed by atoms with Crippen LogP contribution in [-0.4, -0.2) is 50.6 Å². The Bertz CT molecular complexity index is 147. The lowest BCUT2D eigenvalue weighted by Gasteiger charge is -2.44. The molecule has 0 fully saturated rings. The van der Waals surface area contributed by atoms with Gasteiger partial charge in [0.15, 0.2) is 0 Å². The van der Waals surface area contributed by atoms with E-state index >= 15 is 0 Å². The van der Waals surface area contributed by atoms with E-state index in [-0.39, 0.29) is 0 Å². The Morgan fingerprint density at radius 3 is 1.33 bits per heavy atom. The summed E-state index contributed by atoms with van der Waals surface area (Å²) < 4.78 is 11.1. The molecule has 0 heterocycles. The van der Waals surface area contributed by atoms with Gasteiger partial charge in [0.2, 0.25) is 0 Å². The average molecular weight is 232 g/mol. The second-order valence-corrected chi connectivity index (χ2v) is 7.13. The van der Waals surface area contributed by atoms with Gasteiger partial charge in [-0.3, -0.25) is 9.13 Å². The molecule has 0 aliphatic carbocycles. The van der Waals surface area contributed by atoms with Crippen LogP contribution in [0.4, 0.5) is 0 Å². The normalized spacial score (nSPS) is 12.8. The van der Waals surface area contributed by atoms with Gasteiger partial charge >= 0.3 is 8.64 Å². The fourth-order valence-corrected chi connectivity index (χ4v) is 5.94. The maximum atomic E-state index is 6.11. The Morgan fingerprint density at radius 2 is 1.13 bits per heavy atom. The molecule has 0 rings (SSSR count). The molecule has 0 spiro atoms.